The quantitative estimate of drug-likeness (QED) is 0.886. The summed E-state index contributed by atoms with van der Waals surface area (Å²) in [5.74, 6) is 0.862. The molecule has 6 heteroatoms. The summed E-state index contributed by atoms with van der Waals surface area (Å²) in [6.07, 6.45) is 5.28. The molecule has 0 aliphatic carbocycles. The first-order valence-corrected chi connectivity index (χ1v) is 8.10. The number of aromatic nitrogens is 2. The van der Waals surface area contributed by atoms with Crippen LogP contribution in [0.15, 0.2) is 42.9 Å². The summed E-state index contributed by atoms with van der Waals surface area (Å²) >= 11 is 0. The molecule has 0 spiro atoms. The minimum Gasteiger partial charge on any atom is -0.362 e. The molecule has 1 unspecified atom stereocenters. The van der Waals surface area contributed by atoms with Crippen LogP contribution >= 0.6 is 0 Å². The first kappa shape index (κ1) is 17.7. The van der Waals surface area contributed by atoms with Gasteiger partial charge in [0.2, 0.25) is 0 Å². The van der Waals surface area contributed by atoms with Crippen LogP contribution in [0.1, 0.15) is 31.0 Å². The lowest BCUT2D eigenvalue weighted by Gasteiger charge is -2.28. The van der Waals surface area contributed by atoms with E-state index in [9.17, 15) is 4.79 Å². The van der Waals surface area contributed by atoms with Crippen LogP contribution in [0, 0.1) is 0 Å². The lowest BCUT2D eigenvalue weighted by Crippen LogP contribution is -2.41. The highest BCUT2D eigenvalue weighted by Crippen LogP contribution is 2.19. The van der Waals surface area contributed by atoms with Crippen molar-refractivity contribution in [3.8, 4) is 0 Å². The smallest absolute Gasteiger partial charge is 0.318 e. The average molecular weight is 327 g/mol. The van der Waals surface area contributed by atoms with E-state index in [0.29, 0.717) is 13.1 Å². The number of nitrogens with zero attached hydrogens (tertiary/aromatic N) is 4. The molecule has 0 aromatic carbocycles. The molecule has 24 heavy (non-hydrogen) atoms. The summed E-state index contributed by atoms with van der Waals surface area (Å²) < 4.78 is 0. The van der Waals surface area contributed by atoms with Gasteiger partial charge >= 0.3 is 6.03 Å². The minimum absolute atomic E-state index is 0.0362. The van der Waals surface area contributed by atoms with E-state index in [-0.39, 0.29) is 12.1 Å². The zero-order valence-corrected chi connectivity index (χ0v) is 14.7. The third-order valence-corrected chi connectivity index (χ3v) is 3.96. The maximum atomic E-state index is 12.6. The van der Waals surface area contributed by atoms with E-state index in [1.807, 2.05) is 57.1 Å². The normalized spacial score (nSPS) is 11.7. The number of urea groups is 1. The summed E-state index contributed by atoms with van der Waals surface area (Å²) in [6, 6.07) is 7.59. The first-order valence-electron chi connectivity index (χ1n) is 8.10. The Bertz CT molecular complexity index is 659. The molecule has 1 atom stereocenters. The maximum Gasteiger partial charge on any atom is 0.318 e. The van der Waals surface area contributed by atoms with Crippen LogP contribution in [-0.4, -0.2) is 41.5 Å². The fourth-order valence-electron chi connectivity index (χ4n) is 2.64. The Morgan fingerprint density at radius 2 is 2.00 bits per heavy atom. The zero-order chi connectivity index (χ0) is 17.5. The Hall–Kier alpha value is -2.63. The molecule has 2 aromatic rings. The summed E-state index contributed by atoms with van der Waals surface area (Å²) in [6.45, 7) is 5.04. The molecule has 2 amide bonds. The minimum atomic E-state index is -0.0950. The third kappa shape index (κ3) is 4.22. The van der Waals surface area contributed by atoms with E-state index in [2.05, 4.69) is 15.3 Å². The first-order chi connectivity index (χ1) is 11.5. The lowest BCUT2D eigenvalue weighted by molar-refractivity contribution is 0.182. The van der Waals surface area contributed by atoms with Crippen molar-refractivity contribution in [1.82, 2.24) is 20.2 Å². The molecular formula is C18H25N5O. The molecular weight excluding hydrogens is 302 g/mol. The van der Waals surface area contributed by atoms with Gasteiger partial charge in [0.05, 0.1) is 6.04 Å². The Morgan fingerprint density at radius 3 is 2.62 bits per heavy atom. The number of hydrogen-bond acceptors (Lipinski definition) is 4. The van der Waals surface area contributed by atoms with E-state index in [1.54, 1.807) is 23.5 Å². The second-order valence-corrected chi connectivity index (χ2v) is 5.79. The van der Waals surface area contributed by atoms with Crippen molar-refractivity contribution >= 4 is 11.8 Å². The van der Waals surface area contributed by atoms with Gasteiger partial charge in [-0.3, -0.25) is 4.98 Å². The molecule has 1 N–H and O–H groups in total. The predicted molar refractivity (Wildman–Crippen MR) is 95.8 cm³/mol. The van der Waals surface area contributed by atoms with Crippen molar-refractivity contribution in [2.24, 2.45) is 0 Å². The molecule has 0 saturated heterocycles. The highest BCUT2D eigenvalue weighted by Gasteiger charge is 2.20. The molecule has 2 aromatic heterocycles. The van der Waals surface area contributed by atoms with E-state index in [0.717, 1.165) is 16.9 Å². The summed E-state index contributed by atoms with van der Waals surface area (Å²) in [7, 11) is 3.88. The number of anilines is 1. The van der Waals surface area contributed by atoms with Gasteiger partial charge in [-0.2, -0.15) is 0 Å². The van der Waals surface area contributed by atoms with Crippen molar-refractivity contribution in [2.45, 2.75) is 26.4 Å². The molecule has 0 radical (unpaired) electrons. The van der Waals surface area contributed by atoms with E-state index in [1.165, 1.54) is 0 Å². The Kier molecular flexibility index (Phi) is 6.12. The topological polar surface area (TPSA) is 61.4 Å². The van der Waals surface area contributed by atoms with Crippen molar-refractivity contribution in [3.63, 3.8) is 0 Å². The molecule has 0 aliphatic rings. The fraction of sp³-hybridized carbons (Fsp3) is 0.389. The van der Waals surface area contributed by atoms with Gasteiger partial charge < -0.3 is 15.1 Å². The number of hydrogen-bond donors (Lipinski definition) is 1. The van der Waals surface area contributed by atoms with Gasteiger partial charge in [0.1, 0.15) is 5.82 Å². The average Bonchev–Trinajstić information content (AvgIpc) is 2.61. The molecule has 0 saturated carbocycles. The standard InChI is InChI=1S/C18H25N5O/c1-5-23(14(2)15-8-6-10-19-12-15)18(24)21-13-16-9-7-11-20-17(16)22(3)4/h6-12,14H,5,13H2,1-4H3,(H,21,24). The second-order valence-electron chi connectivity index (χ2n) is 5.79. The van der Waals surface area contributed by atoms with Crippen molar-refractivity contribution < 1.29 is 4.79 Å². The van der Waals surface area contributed by atoms with Gasteiger partial charge in [0.15, 0.2) is 0 Å². The molecule has 128 valence electrons. The number of rotatable bonds is 6. The van der Waals surface area contributed by atoms with E-state index in [4.69, 9.17) is 0 Å². The van der Waals surface area contributed by atoms with Crippen LogP contribution < -0.4 is 10.2 Å². The molecule has 0 aliphatic heterocycles. The molecule has 2 heterocycles. The maximum absolute atomic E-state index is 12.6. The van der Waals surface area contributed by atoms with E-state index >= 15 is 0 Å². The summed E-state index contributed by atoms with van der Waals surface area (Å²) in [4.78, 5) is 24.8. The highest BCUT2D eigenvalue weighted by molar-refractivity contribution is 5.75. The number of pyridine rings is 2. The summed E-state index contributed by atoms with van der Waals surface area (Å²) in [5.41, 5.74) is 2.01. The third-order valence-electron chi connectivity index (χ3n) is 3.96. The number of carbonyl (C=O) groups is 1. The van der Waals surface area contributed by atoms with Crippen molar-refractivity contribution in [3.05, 3.63) is 54.0 Å². The number of carbonyl (C=O) groups excluding carboxylic acids is 1. The lowest BCUT2D eigenvalue weighted by atomic mass is 10.1. The fourth-order valence-corrected chi connectivity index (χ4v) is 2.64. The van der Waals surface area contributed by atoms with Gasteiger partial charge in [-0.05, 0) is 31.5 Å². The molecule has 2 rings (SSSR count). The molecule has 0 bridgehead atoms. The Morgan fingerprint density at radius 1 is 1.25 bits per heavy atom. The van der Waals surface area contributed by atoms with Crippen LogP contribution in [0.5, 0.6) is 0 Å². The van der Waals surface area contributed by atoms with Gasteiger partial charge in [0, 0.05) is 51.3 Å². The van der Waals surface area contributed by atoms with E-state index < -0.39 is 0 Å². The largest absolute Gasteiger partial charge is 0.362 e. The monoisotopic (exact) mass is 327 g/mol. The van der Waals surface area contributed by atoms with Crippen LogP contribution in [-0.2, 0) is 6.54 Å². The Labute approximate surface area is 143 Å². The zero-order valence-electron chi connectivity index (χ0n) is 14.7. The highest BCUT2D eigenvalue weighted by atomic mass is 16.2. The van der Waals surface area contributed by atoms with Crippen LogP contribution in [0.4, 0.5) is 10.6 Å². The van der Waals surface area contributed by atoms with Gasteiger partial charge in [-0.1, -0.05) is 12.1 Å². The van der Waals surface area contributed by atoms with Crippen molar-refractivity contribution in [1.29, 1.82) is 0 Å². The number of nitrogens with one attached hydrogen (secondary N) is 1. The number of amides is 2. The van der Waals surface area contributed by atoms with Crippen LogP contribution in [0.2, 0.25) is 0 Å². The van der Waals surface area contributed by atoms with Crippen LogP contribution in [0.3, 0.4) is 0 Å². The Balaban J connectivity index is 2.05. The van der Waals surface area contributed by atoms with Crippen molar-refractivity contribution in [2.75, 3.05) is 25.5 Å². The SMILES string of the molecule is CCN(C(=O)NCc1cccnc1N(C)C)C(C)c1cccnc1. The van der Waals surface area contributed by atoms with Gasteiger partial charge in [-0.15, -0.1) is 0 Å². The van der Waals surface area contributed by atoms with Gasteiger partial charge in [-0.25, -0.2) is 9.78 Å². The van der Waals surface area contributed by atoms with Crippen LogP contribution in [0.25, 0.3) is 0 Å². The van der Waals surface area contributed by atoms with Gasteiger partial charge in [0.25, 0.3) is 0 Å². The second kappa shape index (κ2) is 8.29. The summed E-state index contributed by atoms with van der Waals surface area (Å²) in [5, 5.41) is 3.00. The molecule has 6 nitrogen and oxygen atoms in total. The predicted octanol–water partition coefficient (Wildman–Crippen LogP) is 2.84. The molecule has 0 fully saturated rings.